The smallest absolute Gasteiger partial charge is 0.308 e. The summed E-state index contributed by atoms with van der Waals surface area (Å²) in [5, 5.41) is 8.87. The Bertz CT molecular complexity index is 332. The van der Waals surface area contributed by atoms with Crippen LogP contribution in [-0.2, 0) is 27.5 Å². The molecule has 0 saturated heterocycles. The third-order valence-corrected chi connectivity index (χ3v) is 2.23. The van der Waals surface area contributed by atoms with E-state index in [1.807, 2.05) is 24.3 Å². The molecule has 0 aliphatic heterocycles. The first-order valence-electron chi connectivity index (χ1n) is 5.68. The zero-order valence-corrected chi connectivity index (χ0v) is 10.0. The maximum atomic E-state index is 11.0. The number of hydrogen-bond donors (Lipinski definition) is 1. The van der Waals surface area contributed by atoms with Crippen molar-refractivity contribution in [3.05, 3.63) is 35.4 Å². The molecular weight excluding hydrogens is 220 g/mol. The molecule has 0 fully saturated rings. The van der Waals surface area contributed by atoms with Crippen molar-refractivity contribution in [2.75, 3.05) is 13.2 Å². The number of hydrogen-bond acceptors (Lipinski definition) is 4. The first kappa shape index (κ1) is 13.7. The second-order valence-electron chi connectivity index (χ2n) is 3.58. The van der Waals surface area contributed by atoms with Crippen LogP contribution in [0.15, 0.2) is 24.3 Å². The van der Waals surface area contributed by atoms with Gasteiger partial charge in [-0.05, 0) is 18.1 Å². The van der Waals surface area contributed by atoms with Crippen molar-refractivity contribution in [2.45, 2.75) is 26.6 Å². The molecule has 0 radical (unpaired) electrons. The number of carbonyl (C=O) groups excluding carboxylic acids is 1. The highest BCUT2D eigenvalue weighted by Gasteiger charge is 2.01. The van der Waals surface area contributed by atoms with Gasteiger partial charge in [-0.3, -0.25) is 4.79 Å². The summed E-state index contributed by atoms with van der Waals surface area (Å²) in [6.45, 7) is 3.05. The molecule has 94 valence electrons. The minimum Gasteiger partial charge on any atom is -0.466 e. The summed E-state index contributed by atoms with van der Waals surface area (Å²) in [6.07, 6.45) is 0.280. The molecule has 1 aromatic carbocycles. The fourth-order valence-electron chi connectivity index (χ4n) is 1.32. The van der Waals surface area contributed by atoms with Gasteiger partial charge in [0.1, 0.15) is 0 Å². The van der Waals surface area contributed by atoms with Crippen molar-refractivity contribution in [3.8, 4) is 0 Å². The van der Waals surface area contributed by atoms with E-state index >= 15 is 0 Å². The van der Waals surface area contributed by atoms with Gasteiger partial charge in [-0.1, -0.05) is 24.3 Å². The Labute approximate surface area is 101 Å². The van der Waals surface area contributed by atoms with Crippen LogP contribution in [0.25, 0.3) is 0 Å². The third kappa shape index (κ3) is 5.47. The van der Waals surface area contributed by atoms with E-state index < -0.39 is 0 Å². The normalized spacial score (nSPS) is 10.2. The first-order chi connectivity index (χ1) is 8.26. The predicted molar refractivity (Wildman–Crippen MR) is 63.3 cm³/mol. The Morgan fingerprint density at radius 2 is 1.88 bits per heavy atom. The molecule has 4 nitrogen and oxygen atoms in total. The van der Waals surface area contributed by atoms with Gasteiger partial charge in [0.15, 0.2) is 0 Å². The van der Waals surface area contributed by atoms with Gasteiger partial charge in [0.05, 0.1) is 32.8 Å². The molecule has 0 heterocycles. The maximum absolute atomic E-state index is 11.0. The number of aliphatic hydroxyl groups is 1. The van der Waals surface area contributed by atoms with E-state index in [-0.39, 0.29) is 19.0 Å². The van der Waals surface area contributed by atoms with Gasteiger partial charge in [0.2, 0.25) is 0 Å². The maximum Gasteiger partial charge on any atom is 0.308 e. The van der Waals surface area contributed by atoms with Crippen molar-refractivity contribution in [3.63, 3.8) is 0 Å². The van der Waals surface area contributed by atoms with E-state index in [0.717, 1.165) is 11.1 Å². The summed E-state index contributed by atoms with van der Waals surface area (Å²) in [5.41, 5.74) is 1.89. The van der Waals surface area contributed by atoms with Crippen LogP contribution in [0.1, 0.15) is 24.5 Å². The van der Waals surface area contributed by atoms with Crippen LogP contribution in [0.3, 0.4) is 0 Å². The Hall–Kier alpha value is -1.39. The average Bonchev–Trinajstić information content (AvgIpc) is 2.36. The molecule has 17 heavy (non-hydrogen) atoms. The Balaban J connectivity index is 2.19. The molecule has 1 N–H and O–H groups in total. The average molecular weight is 238 g/mol. The SMILES string of the molecule is CCOC(=O)CCOCc1ccc(CO)cc1. The van der Waals surface area contributed by atoms with Crippen LogP contribution >= 0.6 is 0 Å². The van der Waals surface area contributed by atoms with Gasteiger partial charge in [0.25, 0.3) is 0 Å². The molecule has 0 atom stereocenters. The van der Waals surface area contributed by atoms with Crippen molar-refractivity contribution in [1.29, 1.82) is 0 Å². The summed E-state index contributed by atoms with van der Waals surface area (Å²) >= 11 is 0. The summed E-state index contributed by atoms with van der Waals surface area (Å²) in [5.74, 6) is -0.233. The standard InChI is InChI=1S/C13H18O4/c1-2-17-13(15)7-8-16-10-12-5-3-11(9-14)4-6-12/h3-6,14H,2,7-10H2,1H3. The van der Waals surface area contributed by atoms with Crippen LogP contribution < -0.4 is 0 Å². The fourth-order valence-corrected chi connectivity index (χ4v) is 1.32. The highest BCUT2D eigenvalue weighted by atomic mass is 16.5. The summed E-state index contributed by atoms with van der Waals surface area (Å²) in [4.78, 5) is 11.0. The number of benzene rings is 1. The van der Waals surface area contributed by atoms with E-state index in [9.17, 15) is 4.79 Å². The highest BCUT2D eigenvalue weighted by molar-refractivity contribution is 5.69. The van der Waals surface area contributed by atoms with Gasteiger partial charge in [0, 0.05) is 0 Å². The lowest BCUT2D eigenvalue weighted by Gasteiger charge is -2.05. The molecule has 0 aliphatic rings. The lowest BCUT2D eigenvalue weighted by Crippen LogP contribution is -2.08. The number of rotatable bonds is 7. The van der Waals surface area contributed by atoms with E-state index in [0.29, 0.717) is 19.8 Å². The quantitative estimate of drug-likeness (QED) is 0.579. The fraction of sp³-hybridized carbons (Fsp3) is 0.462. The number of aliphatic hydroxyl groups excluding tert-OH is 1. The van der Waals surface area contributed by atoms with Gasteiger partial charge in [-0.25, -0.2) is 0 Å². The molecular formula is C13H18O4. The van der Waals surface area contributed by atoms with Gasteiger partial charge in [-0.2, -0.15) is 0 Å². The summed E-state index contributed by atoms with van der Waals surface area (Å²) in [6, 6.07) is 7.50. The minimum absolute atomic E-state index is 0.0456. The molecule has 1 rings (SSSR count). The molecule has 1 aromatic rings. The molecule has 0 saturated carbocycles. The third-order valence-electron chi connectivity index (χ3n) is 2.23. The Morgan fingerprint density at radius 1 is 1.24 bits per heavy atom. The summed E-state index contributed by atoms with van der Waals surface area (Å²) < 4.78 is 10.1. The monoisotopic (exact) mass is 238 g/mol. The molecule has 0 bridgehead atoms. The largest absolute Gasteiger partial charge is 0.466 e. The van der Waals surface area contributed by atoms with Crippen LogP contribution in [-0.4, -0.2) is 24.3 Å². The van der Waals surface area contributed by atoms with E-state index in [1.54, 1.807) is 6.92 Å². The molecule has 0 amide bonds. The first-order valence-corrected chi connectivity index (χ1v) is 5.68. The van der Waals surface area contributed by atoms with Crippen LogP contribution in [0.4, 0.5) is 0 Å². The molecule has 4 heteroatoms. The second-order valence-corrected chi connectivity index (χ2v) is 3.58. The summed E-state index contributed by atoms with van der Waals surface area (Å²) in [7, 11) is 0. The second kappa shape index (κ2) is 7.81. The van der Waals surface area contributed by atoms with Crippen LogP contribution in [0.5, 0.6) is 0 Å². The lowest BCUT2D eigenvalue weighted by molar-refractivity contribution is -0.144. The van der Waals surface area contributed by atoms with Crippen LogP contribution in [0, 0.1) is 0 Å². The van der Waals surface area contributed by atoms with Gasteiger partial charge >= 0.3 is 5.97 Å². The predicted octanol–water partition coefficient (Wildman–Crippen LogP) is 1.65. The number of carbonyl (C=O) groups is 1. The topological polar surface area (TPSA) is 55.8 Å². The minimum atomic E-state index is -0.233. The molecule has 0 aliphatic carbocycles. The Kier molecular flexibility index (Phi) is 6.29. The zero-order valence-electron chi connectivity index (χ0n) is 10.0. The molecule has 0 unspecified atom stereocenters. The van der Waals surface area contributed by atoms with Gasteiger partial charge < -0.3 is 14.6 Å². The van der Waals surface area contributed by atoms with Gasteiger partial charge in [-0.15, -0.1) is 0 Å². The Morgan fingerprint density at radius 3 is 2.47 bits per heavy atom. The van der Waals surface area contributed by atoms with E-state index in [2.05, 4.69) is 0 Å². The lowest BCUT2D eigenvalue weighted by atomic mass is 10.1. The van der Waals surface area contributed by atoms with Crippen molar-refractivity contribution in [1.82, 2.24) is 0 Å². The highest BCUT2D eigenvalue weighted by Crippen LogP contribution is 2.05. The van der Waals surface area contributed by atoms with E-state index in [4.69, 9.17) is 14.6 Å². The van der Waals surface area contributed by atoms with Crippen molar-refractivity contribution >= 4 is 5.97 Å². The zero-order chi connectivity index (χ0) is 12.5. The molecule has 0 aromatic heterocycles. The van der Waals surface area contributed by atoms with Crippen LogP contribution in [0.2, 0.25) is 0 Å². The molecule has 0 spiro atoms. The van der Waals surface area contributed by atoms with Crippen molar-refractivity contribution in [2.24, 2.45) is 0 Å². The number of ether oxygens (including phenoxy) is 2. The van der Waals surface area contributed by atoms with Crippen molar-refractivity contribution < 1.29 is 19.4 Å². The van der Waals surface area contributed by atoms with E-state index in [1.165, 1.54) is 0 Å². The number of esters is 1.